The van der Waals surface area contributed by atoms with Gasteiger partial charge in [-0.1, -0.05) is 6.92 Å². The molecule has 7 nitrogen and oxygen atoms in total. The van der Waals surface area contributed by atoms with Gasteiger partial charge in [0, 0.05) is 44.6 Å². The number of hydrogen-bond acceptors (Lipinski definition) is 5. The second-order valence-corrected chi connectivity index (χ2v) is 6.45. The maximum Gasteiger partial charge on any atom is 0.317 e. The van der Waals surface area contributed by atoms with E-state index in [-0.39, 0.29) is 18.4 Å². The van der Waals surface area contributed by atoms with E-state index in [0.29, 0.717) is 25.7 Å². The molecule has 1 saturated heterocycles. The van der Waals surface area contributed by atoms with Gasteiger partial charge < -0.3 is 15.0 Å². The molecule has 1 aromatic heterocycles. The van der Waals surface area contributed by atoms with Crippen LogP contribution in [0.5, 0.6) is 0 Å². The van der Waals surface area contributed by atoms with Crippen molar-refractivity contribution >= 4 is 12.0 Å². The van der Waals surface area contributed by atoms with E-state index < -0.39 is 0 Å². The molecule has 2 amide bonds. The lowest BCUT2D eigenvalue weighted by Crippen LogP contribution is -2.52. The Balaban J connectivity index is 1.82. The van der Waals surface area contributed by atoms with Crippen LogP contribution >= 0.6 is 0 Å². The van der Waals surface area contributed by atoms with Gasteiger partial charge in [0.15, 0.2) is 0 Å². The molecule has 0 aromatic carbocycles. The first-order chi connectivity index (χ1) is 12.6. The summed E-state index contributed by atoms with van der Waals surface area (Å²) < 4.78 is 4.87. The molecule has 1 unspecified atom stereocenters. The number of piperidine rings is 1. The number of pyridine rings is 1. The highest BCUT2D eigenvalue weighted by Gasteiger charge is 2.27. The van der Waals surface area contributed by atoms with Crippen LogP contribution in [-0.4, -0.2) is 65.6 Å². The zero-order valence-electron chi connectivity index (χ0n) is 15.8. The Bertz CT molecular complexity index is 567. The molecule has 144 valence electrons. The van der Waals surface area contributed by atoms with Gasteiger partial charge in [0.25, 0.3) is 0 Å². The first-order valence-electron chi connectivity index (χ1n) is 9.45. The Morgan fingerprint density at radius 3 is 2.81 bits per heavy atom. The number of ether oxygens (including phenoxy) is 1. The van der Waals surface area contributed by atoms with Crippen LogP contribution < -0.4 is 5.32 Å². The van der Waals surface area contributed by atoms with Gasteiger partial charge in [-0.25, -0.2) is 4.79 Å². The second kappa shape index (κ2) is 10.8. The van der Waals surface area contributed by atoms with E-state index in [1.807, 2.05) is 29.4 Å². The van der Waals surface area contributed by atoms with Crippen molar-refractivity contribution in [2.75, 3.05) is 32.8 Å². The largest absolute Gasteiger partial charge is 0.466 e. The first kappa shape index (κ1) is 20.2. The van der Waals surface area contributed by atoms with Crippen molar-refractivity contribution in [3.05, 3.63) is 30.1 Å². The minimum Gasteiger partial charge on any atom is -0.466 e. The molecule has 2 rings (SSSR count). The maximum absolute atomic E-state index is 12.4. The van der Waals surface area contributed by atoms with E-state index >= 15 is 0 Å². The summed E-state index contributed by atoms with van der Waals surface area (Å²) in [7, 11) is 0. The van der Waals surface area contributed by atoms with Crippen LogP contribution in [0.4, 0.5) is 4.79 Å². The van der Waals surface area contributed by atoms with Gasteiger partial charge in [0.05, 0.1) is 13.0 Å². The zero-order valence-corrected chi connectivity index (χ0v) is 15.8. The van der Waals surface area contributed by atoms with Crippen molar-refractivity contribution < 1.29 is 14.3 Å². The van der Waals surface area contributed by atoms with E-state index in [4.69, 9.17) is 4.74 Å². The molecule has 1 fully saturated rings. The molecule has 0 spiro atoms. The van der Waals surface area contributed by atoms with Crippen LogP contribution in [0.2, 0.25) is 0 Å². The number of likely N-dealkylation sites (tertiary alicyclic amines) is 1. The first-order valence-corrected chi connectivity index (χ1v) is 9.45. The summed E-state index contributed by atoms with van der Waals surface area (Å²) in [5, 5.41) is 2.83. The van der Waals surface area contributed by atoms with E-state index in [9.17, 15) is 9.59 Å². The van der Waals surface area contributed by atoms with E-state index in [2.05, 4.69) is 22.1 Å². The van der Waals surface area contributed by atoms with Crippen LogP contribution in [0.15, 0.2) is 24.5 Å². The van der Waals surface area contributed by atoms with Gasteiger partial charge in [-0.05, 0) is 44.0 Å². The number of rotatable bonds is 8. The fourth-order valence-corrected chi connectivity index (χ4v) is 3.28. The number of carbonyl (C=O) groups excluding carboxylic acids is 2. The fourth-order valence-electron chi connectivity index (χ4n) is 3.28. The topological polar surface area (TPSA) is 74.8 Å². The highest BCUT2D eigenvalue weighted by molar-refractivity contribution is 5.75. The number of urea groups is 1. The molecule has 1 atom stereocenters. The number of esters is 1. The quantitative estimate of drug-likeness (QED) is 0.716. The van der Waals surface area contributed by atoms with Crippen molar-refractivity contribution in [2.24, 2.45) is 0 Å². The summed E-state index contributed by atoms with van der Waals surface area (Å²) in [5.74, 6) is -0.279. The lowest BCUT2D eigenvalue weighted by Gasteiger charge is -2.39. The molecule has 0 bridgehead atoms. The molecule has 1 aliphatic heterocycles. The smallest absolute Gasteiger partial charge is 0.317 e. The predicted octanol–water partition coefficient (Wildman–Crippen LogP) is 2.03. The normalized spacial score (nSPS) is 17.2. The minimum atomic E-state index is -0.279. The predicted molar refractivity (Wildman–Crippen MR) is 99.6 cm³/mol. The summed E-state index contributed by atoms with van der Waals surface area (Å²) in [5.41, 5.74) is 1.23. The molecule has 0 radical (unpaired) electrons. The van der Waals surface area contributed by atoms with E-state index in [0.717, 1.165) is 32.5 Å². The van der Waals surface area contributed by atoms with Crippen molar-refractivity contribution in [3.8, 4) is 0 Å². The van der Waals surface area contributed by atoms with Crippen LogP contribution in [0, 0.1) is 0 Å². The highest BCUT2D eigenvalue weighted by Crippen LogP contribution is 2.18. The lowest BCUT2D eigenvalue weighted by molar-refractivity contribution is -0.142. The van der Waals surface area contributed by atoms with Crippen molar-refractivity contribution in [1.82, 2.24) is 20.1 Å². The molecule has 26 heavy (non-hydrogen) atoms. The number of aromatic nitrogens is 1. The third kappa shape index (κ3) is 6.29. The molecule has 2 heterocycles. The average Bonchev–Trinajstić information content (AvgIpc) is 2.67. The SMILES string of the molecule is CCOC(=O)CCNC(=O)N1CCCC(N(CC)Cc2ccncc2)C1. The molecule has 1 N–H and O–H groups in total. The van der Waals surface area contributed by atoms with Crippen LogP contribution in [0.3, 0.4) is 0 Å². The molecule has 1 aliphatic rings. The molecular formula is C19H30N4O3. The Labute approximate surface area is 155 Å². The van der Waals surface area contributed by atoms with Crippen molar-refractivity contribution in [2.45, 2.75) is 45.7 Å². The Morgan fingerprint density at radius 1 is 1.35 bits per heavy atom. The summed E-state index contributed by atoms with van der Waals surface area (Å²) in [6.07, 6.45) is 5.91. The van der Waals surface area contributed by atoms with Gasteiger partial charge in [-0.15, -0.1) is 0 Å². The van der Waals surface area contributed by atoms with Gasteiger partial charge in [0.2, 0.25) is 0 Å². The molecule has 0 saturated carbocycles. The van der Waals surface area contributed by atoms with E-state index in [1.54, 1.807) is 6.92 Å². The number of nitrogens with one attached hydrogen (secondary N) is 1. The Morgan fingerprint density at radius 2 is 2.12 bits per heavy atom. The monoisotopic (exact) mass is 362 g/mol. The summed E-state index contributed by atoms with van der Waals surface area (Å²) in [6, 6.07) is 4.31. The standard InChI is InChI=1S/C19H30N4O3/c1-3-22(14-16-7-10-20-11-8-16)17-6-5-13-23(15-17)19(25)21-12-9-18(24)26-4-2/h7-8,10-11,17H,3-6,9,12-15H2,1-2H3,(H,21,25). The van der Waals surface area contributed by atoms with Crippen molar-refractivity contribution in [1.29, 1.82) is 0 Å². The lowest BCUT2D eigenvalue weighted by atomic mass is 10.0. The molecule has 0 aliphatic carbocycles. The summed E-state index contributed by atoms with van der Waals surface area (Å²) in [4.78, 5) is 32.1. The number of amides is 2. The third-order valence-electron chi connectivity index (χ3n) is 4.65. The number of hydrogen-bond donors (Lipinski definition) is 1. The average molecular weight is 362 g/mol. The number of likely N-dealkylation sites (N-methyl/N-ethyl adjacent to an activating group) is 1. The summed E-state index contributed by atoms with van der Waals surface area (Å²) in [6.45, 7) is 7.87. The van der Waals surface area contributed by atoms with Crippen LogP contribution in [0.1, 0.15) is 38.7 Å². The number of nitrogens with zero attached hydrogens (tertiary/aromatic N) is 3. The van der Waals surface area contributed by atoms with Crippen LogP contribution in [-0.2, 0) is 16.1 Å². The Hall–Kier alpha value is -2.15. The molecular weight excluding hydrogens is 332 g/mol. The zero-order chi connectivity index (χ0) is 18.8. The van der Waals surface area contributed by atoms with E-state index in [1.165, 1.54) is 5.56 Å². The fraction of sp³-hybridized carbons (Fsp3) is 0.632. The molecule has 1 aromatic rings. The van der Waals surface area contributed by atoms with Gasteiger partial charge in [-0.3, -0.25) is 14.7 Å². The van der Waals surface area contributed by atoms with Gasteiger partial charge in [0.1, 0.15) is 0 Å². The minimum absolute atomic E-state index is 0.0982. The van der Waals surface area contributed by atoms with Gasteiger partial charge >= 0.3 is 12.0 Å². The maximum atomic E-state index is 12.4. The third-order valence-corrected chi connectivity index (χ3v) is 4.65. The van der Waals surface area contributed by atoms with Crippen LogP contribution in [0.25, 0.3) is 0 Å². The van der Waals surface area contributed by atoms with Crippen molar-refractivity contribution in [3.63, 3.8) is 0 Å². The Kier molecular flexibility index (Phi) is 8.34. The highest BCUT2D eigenvalue weighted by atomic mass is 16.5. The van der Waals surface area contributed by atoms with Gasteiger partial charge in [-0.2, -0.15) is 0 Å². The molecule has 7 heteroatoms. The second-order valence-electron chi connectivity index (χ2n) is 6.45. The number of carbonyl (C=O) groups is 2. The summed E-state index contributed by atoms with van der Waals surface area (Å²) >= 11 is 0.